The Morgan fingerprint density at radius 3 is 1.59 bits per heavy atom. The van der Waals surface area contributed by atoms with Crippen LogP contribution in [0.4, 0.5) is 11.4 Å². The van der Waals surface area contributed by atoms with Crippen molar-refractivity contribution in [2.45, 2.75) is 13.3 Å². The summed E-state index contributed by atoms with van der Waals surface area (Å²) in [5.74, 6) is -0.981. The normalized spacial score (nSPS) is 15.0. The molecule has 2 aliphatic rings. The molecule has 4 amide bonds. The van der Waals surface area contributed by atoms with Crippen LogP contribution >= 0.6 is 0 Å². The molecule has 0 radical (unpaired) electrons. The number of amides is 4. The maximum Gasteiger partial charge on any atom is 0.258 e. The van der Waals surface area contributed by atoms with Gasteiger partial charge in [-0.25, -0.2) is 9.80 Å². The quantitative estimate of drug-likeness (QED) is 0.424. The third-order valence-electron chi connectivity index (χ3n) is 5.21. The highest BCUT2D eigenvalue weighted by Crippen LogP contribution is 2.35. The molecule has 0 aliphatic carbocycles. The molecule has 0 N–H and O–H groups in total. The maximum atomic E-state index is 12.3. The third kappa shape index (κ3) is 4.38. The van der Waals surface area contributed by atoms with Crippen molar-refractivity contribution in [3.63, 3.8) is 0 Å². The van der Waals surface area contributed by atoms with Crippen molar-refractivity contribution >= 4 is 35.0 Å². The molecule has 0 saturated heterocycles. The first-order valence-corrected chi connectivity index (χ1v) is 10.7. The van der Waals surface area contributed by atoms with E-state index in [0.29, 0.717) is 35.9 Å². The Hall–Kier alpha value is -4.46. The highest BCUT2D eigenvalue weighted by molar-refractivity contribution is 6.29. The van der Waals surface area contributed by atoms with Crippen LogP contribution in [0.1, 0.15) is 18.1 Å². The number of nitrogens with zero attached hydrogens (tertiary/aromatic N) is 2. The summed E-state index contributed by atoms with van der Waals surface area (Å²) >= 11 is 0. The van der Waals surface area contributed by atoms with Crippen molar-refractivity contribution in [3.05, 3.63) is 84.5 Å². The first-order chi connectivity index (χ1) is 16.4. The van der Waals surface area contributed by atoms with Gasteiger partial charge in [0.2, 0.25) is 0 Å². The minimum absolute atomic E-state index is 0.212. The van der Waals surface area contributed by atoms with Crippen LogP contribution in [0.5, 0.6) is 11.5 Å². The van der Waals surface area contributed by atoms with Crippen molar-refractivity contribution in [3.8, 4) is 11.5 Å². The highest BCUT2D eigenvalue weighted by Gasteiger charge is 2.29. The molecule has 34 heavy (non-hydrogen) atoms. The fourth-order valence-corrected chi connectivity index (χ4v) is 3.75. The van der Waals surface area contributed by atoms with Gasteiger partial charge in [-0.15, -0.1) is 0 Å². The highest BCUT2D eigenvalue weighted by atomic mass is 16.5. The second-order valence-electron chi connectivity index (χ2n) is 7.50. The Kier molecular flexibility index (Phi) is 6.40. The summed E-state index contributed by atoms with van der Waals surface area (Å²) in [6.07, 6.45) is 6.84. The molecule has 2 heterocycles. The summed E-state index contributed by atoms with van der Waals surface area (Å²) < 4.78 is 11.3. The molecule has 0 fully saturated rings. The summed E-state index contributed by atoms with van der Waals surface area (Å²) in [7, 11) is 0. The molecule has 172 valence electrons. The number of anilines is 2. The standard InChI is InChI=1S/C26H22N2O6/c1-3-13-34-22-8-6-18(16-20(22)28-25(31)11-12-26(28)32)14-17-5-7-21(33-4-2)19(15-17)27-23(29)9-10-24(27)30/h3,5-12,15-16H,1,4,13-14H2,2H3. The molecule has 0 saturated carbocycles. The molecular formula is C26H22N2O6. The first-order valence-electron chi connectivity index (χ1n) is 10.7. The molecule has 2 aromatic rings. The van der Waals surface area contributed by atoms with Gasteiger partial charge in [-0.05, 0) is 48.7 Å². The van der Waals surface area contributed by atoms with Gasteiger partial charge in [-0.3, -0.25) is 19.2 Å². The van der Waals surface area contributed by atoms with Crippen LogP contribution < -0.4 is 19.3 Å². The lowest BCUT2D eigenvalue weighted by Crippen LogP contribution is -2.30. The van der Waals surface area contributed by atoms with Crippen LogP contribution in [0.15, 0.2) is 73.4 Å². The number of carbonyl (C=O) groups excluding carboxylic acids is 4. The molecule has 2 aromatic carbocycles. The Labute approximate surface area is 196 Å². The van der Waals surface area contributed by atoms with Crippen LogP contribution in [-0.4, -0.2) is 36.8 Å². The molecule has 8 heteroatoms. The number of ether oxygens (including phenoxy) is 2. The largest absolute Gasteiger partial charge is 0.492 e. The molecule has 8 nitrogen and oxygen atoms in total. The van der Waals surface area contributed by atoms with Crippen molar-refractivity contribution in [1.29, 1.82) is 0 Å². The number of benzene rings is 2. The van der Waals surface area contributed by atoms with E-state index in [2.05, 4.69) is 6.58 Å². The van der Waals surface area contributed by atoms with E-state index < -0.39 is 23.6 Å². The van der Waals surface area contributed by atoms with Gasteiger partial charge in [0.25, 0.3) is 23.6 Å². The van der Waals surface area contributed by atoms with Gasteiger partial charge in [-0.2, -0.15) is 0 Å². The smallest absolute Gasteiger partial charge is 0.258 e. The van der Waals surface area contributed by atoms with Gasteiger partial charge < -0.3 is 9.47 Å². The zero-order chi connectivity index (χ0) is 24.2. The van der Waals surface area contributed by atoms with Gasteiger partial charge >= 0.3 is 0 Å². The monoisotopic (exact) mass is 458 g/mol. The summed E-state index contributed by atoms with van der Waals surface area (Å²) in [5.41, 5.74) is 2.29. The topological polar surface area (TPSA) is 93.2 Å². The Balaban J connectivity index is 1.69. The second-order valence-corrected chi connectivity index (χ2v) is 7.50. The van der Waals surface area contributed by atoms with Gasteiger partial charge in [0.1, 0.15) is 18.1 Å². The van der Waals surface area contributed by atoms with E-state index in [4.69, 9.17) is 9.47 Å². The van der Waals surface area contributed by atoms with E-state index in [1.165, 1.54) is 24.3 Å². The van der Waals surface area contributed by atoms with Crippen molar-refractivity contribution in [2.75, 3.05) is 23.0 Å². The molecule has 0 spiro atoms. The lowest BCUT2D eigenvalue weighted by atomic mass is 10.0. The summed E-state index contributed by atoms with van der Waals surface area (Å²) in [6, 6.07) is 10.5. The molecular weight excluding hydrogens is 436 g/mol. The van der Waals surface area contributed by atoms with Crippen LogP contribution in [-0.2, 0) is 25.6 Å². The van der Waals surface area contributed by atoms with E-state index in [1.54, 1.807) is 30.3 Å². The second kappa shape index (κ2) is 9.58. The van der Waals surface area contributed by atoms with E-state index in [-0.39, 0.29) is 6.61 Å². The average Bonchev–Trinajstić information content (AvgIpc) is 3.33. The fraction of sp³-hybridized carbons (Fsp3) is 0.154. The van der Waals surface area contributed by atoms with Crippen molar-refractivity contribution in [2.24, 2.45) is 0 Å². The number of hydrogen-bond acceptors (Lipinski definition) is 6. The minimum atomic E-state index is -0.451. The minimum Gasteiger partial charge on any atom is -0.492 e. The summed E-state index contributed by atoms with van der Waals surface area (Å²) in [6.45, 7) is 6.03. The first kappa shape index (κ1) is 22.7. The van der Waals surface area contributed by atoms with Gasteiger partial charge in [-0.1, -0.05) is 24.8 Å². The van der Waals surface area contributed by atoms with Crippen LogP contribution in [0, 0.1) is 0 Å². The average molecular weight is 458 g/mol. The zero-order valence-corrected chi connectivity index (χ0v) is 18.5. The molecule has 2 aliphatic heterocycles. The summed E-state index contributed by atoms with van der Waals surface area (Å²) in [4.78, 5) is 51.2. The van der Waals surface area contributed by atoms with E-state index in [0.717, 1.165) is 20.9 Å². The SMILES string of the molecule is C=CCOc1ccc(Cc2ccc(OCC)c(N3C(=O)C=CC3=O)c2)cc1N1C(=O)C=CC1=O. The number of carbonyl (C=O) groups is 4. The molecule has 4 rings (SSSR count). The Morgan fingerprint density at radius 2 is 1.18 bits per heavy atom. The Morgan fingerprint density at radius 1 is 0.735 bits per heavy atom. The van der Waals surface area contributed by atoms with E-state index in [1.807, 2.05) is 19.1 Å². The lowest BCUT2D eigenvalue weighted by Gasteiger charge is -2.20. The lowest BCUT2D eigenvalue weighted by molar-refractivity contribution is -0.121. The van der Waals surface area contributed by atoms with E-state index >= 15 is 0 Å². The van der Waals surface area contributed by atoms with Gasteiger partial charge in [0.05, 0.1) is 18.0 Å². The predicted octanol–water partition coefficient (Wildman–Crippen LogP) is 3.10. The predicted molar refractivity (Wildman–Crippen MR) is 126 cm³/mol. The number of imide groups is 2. The van der Waals surface area contributed by atoms with E-state index in [9.17, 15) is 19.2 Å². The zero-order valence-electron chi connectivity index (χ0n) is 18.5. The van der Waals surface area contributed by atoms with Crippen LogP contribution in [0.25, 0.3) is 0 Å². The summed E-state index contributed by atoms with van der Waals surface area (Å²) in [5, 5.41) is 0. The van der Waals surface area contributed by atoms with Crippen molar-refractivity contribution in [1.82, 2.24) is 0 Å². The molecule has 0 unspecified atom stereocenters. The fourth-order valence-electron chi connectivity index (χ4n) is 3.75. The van der Waals surface area contributed by atoms with Crippen LogP contribution in [0.3, 0.4) is 0 Å². The van der Waals surface area contributed by atoms with Gasteiger partial charge in [0, 0.05) is 24.3 Å². The molecule has 0 aromatic heterocycles. The Bertz CT molecular complexity index is 1220. The number of hydrogen-bond donors (Lipinski definition) is 0. The number of rotatable bonds is 9. The van der Waals surface area contributed by atoms with Gasteiger partial charge in [0.15, 0.2) is 0 Å². The third-order valence-corrected chi connectivity index (χ3v) is 5.21. The molecule has 0 bridgehead atoms. The van der Waals surface area contributed by atoms with Crippen molar-refractivity contribution < 1.29 is 28.7 Å². The van der Waals surface area contributed by atoms with Crippen LogP contribution in [0.2, 0.25) is 0 Å². The molecule has 0 atom stereocenters. The maximum absolute atomic E-state index is 12.3.